The Kier molecular flexibility index (Phi) is 5.44. The molecule has 1 saturated heterocycles. The second kappa shape index (κ2) is 7.31. The lowest BCUT2D eigenvalue weighted by Gasteiger charge is -2.33. The van der Waals surface area contributed by atoms with E-state index >= 15 is 0 Å². The summed E-state index contributed by atoms with van der Waals surface area (Å²) in [7, 11) is 0. The van der Waals surface area contributed by atoms with Crippen LogP contribution in [-0.2, 0) is 9.59 Å². The maximum Gasteiger partial charge on any atom is 0.312 e. The van der Waals surface area contributed by atoms with Gasteiger partial charge in [-0.25, -0.2) is 0 Å². The second-order valence-electron chi connectivity index (χ2n) is 4.81. The number of carbonyl (C=O) groups excluding carboxylic acids is 2. The molecule has 0 spiro atoms. The Morgan fingerprint density at radius 3 is 2.52 bits per heavy atom. The Balaban J connectivity index is 1.75. The number of benzene rings is 1. The van der Waals surface area contributed by atoms with Gasteiger partial charge in [-0.2, -0.15) is 0 Å². The third-order valence-electron chi connectivity index (χ3n) is 3.45. The smallest absolute Gasteiger partial charge is 0.312 e. The molecule has 2 amide bonds. The number of ether oxygens (including phenoxy) is 1. The van der Waals surface area contributed by atoms with Crippen LogP contribution in [0.5, 0.6) is 5.75 Å². The van der Waals surface area contributed by atoms with Crippen LogP contribution in [0, 0.1) is 0 Å². The maximum atomic E-state index is 11.9. The van der Waals surface area contributed by atoms with Crippen LogP contribution in [0.1, 0.15) is 13.3 Å². The number of para-hydroxylation sites is 1. The largest absolute Gasteiger partial charge is 0.492 e. The number of likely N-dealkylation sites (N-methyl/N-ethyl adjacent to an activating group) is 1. The van der Waals surface area contributed by atoms with Gasteiger partial charge < -0.3 is 14.5 Å². The van der Waals surface area contributed by atoms with Crippen LogP contribution < -0.4 is 4.74 Å². The van der Waals surface area contributed by atoms with E-state index in [1.165, 1.54) is 0 Å². The van der Waals surface area contributed by atoms with Gasteiger partial charge in [0.1, 0.15) is 5.75 Å². The molecule has 0 aromatic heterocycles. The van der Waals surface area contributed by atoms with Crippen molar-refractivity contribution in [2.24, 2.45) is 0 Å². The van der Waals surface area contributed by atoms with Crippen LogP contribution in [0.4, 0.5) is 0 Å². The van der Waals surface area contributed by atoms with Gasteiger partial charge in [0, 0.05) is 26.2 Å². The third-order valence-corrected chi connectivity index (χ3v) is 3.76. The summed E-state index contributed by atoms with van der Waals surface area (Å²) in [6, 6.07) is 7.26. The molecule has 21 heavy (non-hydrogen) atoms. The van der Waals surface area contributed by atoms with E-state index in [-0.39, 0.29) is 0 Å². The van der Waals surface area contributed by atoms with Gasteiger partial charge in [0.05, 0.1) is 11.6 Å². The highest BCUT2D eigenvalue weighted by atomic mass is 35.5. The van der Waals surface area contributed by atoms with Crippen molar-refractivity contribution >= 4 is 23.4 Å². The van der Waals surface area contributed by atoms with Crippen LogP contribution in [0.3, 0.4) is 0 Å². The minimum atomic E-state index is -0.416. The molecule has 5 nitrogen and oxygen atoms in total. The molecule has 0 radical (unpaired) electrons. The van der Waals surface area contributed by atoms with Crippen molar-refractivity contribution in [2.45, 2.75) is 13.3 Å². The normalized spacial score (nSPS) is 15.5. The highest BCUT2D eigenvalue weighted by Crippen LogP contribution is 2.23. The zero-order chi connectivity index (χ0) is 15.2. The molecule has 1 aliphatic heterocycles. The summed E-state index contributed by atoms with van der Waals surface area (Å²) in [5.41, 5.74) is 0. The van der Waals surface area contributed by atoms with Crippen molar-refractivity contribution in [1.29, 1.82) is 0 Å². The maximum absolute atomic E-state index is 11.9. The highest BCUT2D eigenvalue weighted by Gasteiger charge is 2.30. The van der Waals surface area contributed by atoms with Gasteiger partial charge in [0.2, 0.25) is 0 Å². The van der Waals surface area contributed by atoms with E-state index in [0.29, 0.717) is 50.0 Å². The van der Waals surface area contributed by atoms with Gasteiger partial charge in [0.15, 0.2) is 0 Å². The minimum absolute atomic E-state index is 0.407. The molecular formula is C15H19ClN2O3. The van der Waals surface area contributed by atoms with E-state index in [1.54, 1.807) is 21.9 Å². The van der Waals surface area contributed by atoms with Crippen molar-refractivity contribution in [3.8, 4) is 5.75 Å². The average molecular weight is 311 g/mol. The van der Waals surface area contributed by atoms with E-state index < -0.39 is 11.8 Å². The molecular weight excluding hydrogens is 292 g/mol. The van der Waals surface area contributed by atoms with Gasteiger partial charge in [-0.1, -0.05) is 23.7 Å². The predicted molar refractivity (Wildman–Crippen MR) is 80.4 cm³/mol. The van der Waals surface area contributed by atoms with E-state index in [0.717, 1.165) is 0 Å². The molecule has 0 atom stereocenters. The Morgan fingerprint density at radius 2 is 1.81 bits per heavy atom. The molecule has 2 rings (SSSR count). The number of hydrogen-bond donors (Lipinski definition) is 0. The summed E-state index contributed by atoms with van der Waals surface area (Å²) in [6.45, 7) is 4.62. The summed E-state index contributed by atoms with van der Waals surface area (Å²) in [6.07, 6.45) is 0.663. The number of carbonyl (C=O) groups is 2. The summed E-state index contributed by atoms with van der Waals surface area (Å²) < 4.78 is 5.57. The molecule has 1 aromatic carbocycles. The Hall–Kier alpha value is -1.75. The van der Waals surface area contributed by atoms with Crippen molar-refractivity contribution in [2.75, 3.05) is 32.8 Å². The van der Waals surface area contributed by atoms with Gasteiger partial charge in [-0.3, -0.25) is 9.59 Å². The second-order valence-corrected chi connectivity index (χ2v) is 5.22. The number of nitrogens with zero attached hydrogens (tertiary/aromatic N) is 2. The first-order valence-electron chi connectivity index (χ1n) is 7.09. The standard InChI is InChI=1S/C15H19ClN2O3/c1-2-17-9-10-18(15(20)14(17)19)8-5-11-21-13-7-4-3-6-12(13)16/h3-4,6-7H,2,5,8-11H2,1H3. The zero-order valence-electron chi connectivity index (χ0n) is 12.0. The minimum Gasteiger partial charge on any atom is -0.492 e. The molecule has 0 aliphatic carbocycles. The molecule has 1 aromatic rings. The third kappa shape index (κ3) is 3.88. The molecule has 6 heteroatoms. The van der Waals surface area contributed by atoms with Crippen molar-refractivity contribution < 1.29 is 14.3 Å². The van der Waals surface area contributed by atoms with Crippen LogP contribution in [0.15, 0.2) is 24.3 Å². The lowest BCUT2D eigenvalue weighted by Crippen LogP contribution is -2.54. The van der Waals surface area contributed by atoms with Crippen molar-refractivity contribution in [3.05, 3.63) is 29.3 Å². The summed E-state index contributed by atoms with van der Waals surface area (Å²) in [5.74, 6) is -0.186. The van der Waals surface area contributed by atoms with Crippen molar-refractivity contribution in [3.63, 3.8) is 0 Å². The Bertz CT molecular complexity index is 521. The SMILES string of the molecule is CCN1CCN(CCCOc2ccccc2Cl)C(=O)C1=O. The summed E-state index contributed by atoms with van der Waals surface area (Å²) in [5, 5.41) is 0.570. The number of piperazine rings is 1. The molecule has 1 aliphatic rings. The van der Waals surface area contributed by atoms with E-state index in [4.69, 9.17) is 16.3 Å². The van der Waals surface area contributed by atoms with E-state index in [9.17, 15) is 9.59 Å². The van der Waals surface area contributed by atoms with Gasteiger partial charge in [-0.15, -0.1) is 0 Å². The fraction of sp³-hybridized carbons (Fsp3) is 0.467. The van der Waals surface area contributed by atoms with Crippen LogP contribution in [-0.4, -0.2) is 54.4 Å². The van der Waals surface area contributed by atoms with E-state index in [2.05, 4.69) is 0 Å². The lowest BCUT2D eigenvalue weighted by molar-refractivity contribution is -0.155. The van der Waals surface area contributed by atoms with E-state index in [1.807, 2.05) is 19.1 Å². The molecule has 114 valence electrons. The molecule has 0 N–H and O–H groups in total. The number of hydrogen-bond acceptors (Lipinski definition) is 3. The van der Waals surface area contributed by atoms with Gasteiger partial charge >= 0.3 is 11.8 Å². The average Bonchev–Trinajstić information content (AvgIpc) is 2.49. The highest BCUT2D eigenvalue weighted by molar-refractivity contribution is 6.35. The number of halogens is 1. The first-order chi connectivity index (χ1) is 10.1. The monoisotopic (exact) mass is 310 g/mol. The first-order valence-corrected chi connectivity index (χ1v) is 7.46. The molecule has 1 heterocycles. The summed E-state index contributed by atoms with van der Waals surface area (Å²) in [4.78, 5) is 26.8. The molecule has 0 bridgehead atoms. The fourth-order valence-electron chi connectivity index (χ4n) is 2.23. The molecule has 0 unspecified atom stereocenters. The first kappa shape index (κ1) is 15.6. The molecule has 1 fully saturated rings. The van der Waals surface area contributed by atoms with Crippen LogP contribution in [0.25, 0.3) is 0 Å². The fourth-order valence-corrected chi connectivity index (χ4v) is 2.42. The predicted octanol–water partition coefficient (Wildman–Crippen LogP) is 1.80. The quantitative estimate of drug-likeness (QED) is 0.594. The zero-order valence-corrected chi connectivity index (χ0v) is 12.8. The number of rotatable bonds is 6. The topological polar surface area (TPSA) is 49.9 Å². The van der Waals surface area contributed by atoms with Crippen molar-refractivity contribution in [1.82, 2.24) is 9.80 Å². The Labute approximate surface area is 129 Å². The van der Waals surface area contributed by atoms with Crippen LogP contribution >= 0.6 is 11.6 Å². The lowest BCUT2D eigenvalue weighted by atomic mass is 10.2. The van der Waals surface area contributed by atoms with Crippen LogP contribution in [0.2, 0.25) is 5.02 Å². The van der Waals surface area contributed by atoms with Gasteiger partial charge in [0.25, 0.3) is 0 Å². The van der Waals surface area contributed by atoms with Gasteiger partial charge in [-0.05, 0) is 25.5 Å². The number of amides is 2. The molecule has 0 saturated carbocycles. The summed E-state index contributed by atoms with van der Waals surface area (Å²) >= 11 is 5.99. The Morgan fingerprint density at radius 1 is 1.14 bits per heavy atom.